The maximum absolute atomic E-state index is 6.14. The second kappa shape index (κ2) is 9.55. The molecule has 8 heteroatoms. The second-order valence-electron chi connectivity index (χ2n) is 9.28. The molecule has 37 heavy (non-hydrogen) atoms. The number of fused-ring (bicyclic) bond motifs is 3. The fourth-order valence-corrected chi connectivity index (χ4v) is 5.63. The number of benzene rings is 4. The molecule has 1 saturated heterocycles. The average molecular weight is 511 g/mol. The summed E-state index contributed by atoms with van der Waals surface area (Å²) in [5, 5.41) is 13.5. The largest absolute Gasteiger partial charge is 0.493 e. The number of rotatable bonds is 4. The SMILES string of the molecule is COc1cc2ncnc([N+]3(C(=S)Nc4ccc5cc6ccccc6cc5c4)CCNCC3)c2cc1OC. The third kappa shape index (κ3) is 4.13. The van der Waals surface area contributed by atoms with Gasteiger partial charge in [0.15, 0.2) is 11.5 Å². The van der Waals surface area contributed by atoms with Gasteiger partial charge >= 0.3 is 0 Å². The summed E-state index contributed by atoms with van der Waals surface area (Å²) in [4.78, 5) is 9.31. The molecular formula is C29H28N5O2S+. The summed E-state index contributed by atoms with van der Waals surface area (Å²) in [6, 6.07) is 23.1. The Morgan fingerprint density at radius 2 is 1.51 bits per heavy atom. The van der Waals surface area contributed by atoms with Gasteiger partial charge in [-0.25, -0.2) is 9.47 Å². The first-order chi connectivity index (χ1) is 18.1. The first-order valence-corrected chi connectivity index (χ1v) is 12.7. The van der Waals surface area contributed by atoms with Gasteiger partial charge in [-0.3, -0.25) is 0 Å². The molecule has 6 rings (SSSR count). The number of hydrogen-bond donors (Lipinski definition) is 2. The van der Waals surface area contributed by atoms with Gasteiger partial charge < -0.3 is 20.1 Å². The second-order valence-corrected chi connectivity index (χ2v) is 9.66. The highest BCUT2D eigenvalue weighted by Gasteiger charge is 2.41. The molecule has 186 valence electrons. The smallest absolute Gasteiger partial charge is 0.280 e. The Hall–Kier alpha value is -3.85. The number of methoxy groups -OCH3 is 2. The Morgan fingerprint density at radius 3 is 2.24 bits per heavy atom. The van der Waals surface area contributed by atoms with Gasteiger partial charge in [0.1, 0.15) is 19.4 Å². The normalized spacial score (nSPS) is 15.1. The van der Waals surface area contributed by atoms with Crippen LogP contribution in [-0.2, 0) is 0 Å². The Balaban J connectivity index is 1.42. The molecule has 0 radical (unpaired) electrons. The quantitative estimate of drug-likeness (QED) is 0.194. The summed E-state index contributed by atoms with van der Waals surface area (Å²) in [5.41, 5.74) is 1.75. The van der Waals surface area contributed by atoms with Crippen LogP contribution in [0.15, 0.2) is 73.1 Å². The number of nitrogens with zero attached hydrogens (tertiary/aromatic N) is 3. The maximum Gasteiger partial charge on any atom is 0.280 e. The van der Waals surface area contributed by atoms with Crippen LogP contribution in [0.1, 0.15) is 0 Å². The summed E-state index contributed by atoms with van der Waals surface area (Å²) in [7, 11) is 3.26. The lowest BCUT2D eigenvalue weighted by atomic mass is 10.0. The van der Waals surface area contributed by atoms with E-state index in [1.165, 1.54) is 21.5 Å². The van der Waals surface area contributed by atoms with E-state index in [2.05, 4.69) is 70.2 Å². The average Bonchev–Trinajstić information content (AvgIpc) is 2.95. The van der Waals surface area contributed by atoms with E-state index in [4.69, 9.17) is 26.7 Å². The zero-order valence-electron chi connectivity index (χ0n) is 20.8. The summed E-state index contributed by atoms with van der Waals surface area (Å²) >= 11 is 6.14. The molecule has 0 bridgehead atoms. The topological polar surface area (TPSA) is 68.3 Å². The van der Waals surface area contributed by atoms with Gasteiger partial charge in [-0.1, -0.05) is 30.3 Å². The number of anilines is 1. The van der Waals surface area contributed by atoms with Gasteiger partial charge in [0.05, 0.1) is 25.1 Å². The van der Waals surface area contributed by atoms with Crippen molar-refractivity contribution in [1.29, 1.82) is 0 Å². The van der Waals surface area contributed by atoms with Gasteiger partial charge in [-0.2, -0.15) is 4.98 Å². The number of nitrogens with one attached hydrogen (secondary N) is 2. The van der Waals surface area contributed by atoms with Crippen molar-refractivity contribution in [2.75, 3.05) is 45.7 Å². The molecule has 0 saturated carbocycles. The Morgan fingerprint density at radius 1 is 0.838 bits per heavy atom. The molecule has 0 aliphatic carbocycles. The van der Waals surface area contributed by atoms with Crippen LogP contribution in [0.5, 0.6) is 11.5 Å². The van der Waals surface area contributed by atoms with Crippen LogP contribution in [0.4, 0.5) is 11.5 Å². The number of ether oxygens (including phenoxy) is 2. The third-order valence-electron chi connectivity index (χ3n) is 7.21. The molecule has 1 aromatic heterocycles. The molecule has 5 aromatic rings. The van der Waals surface area contributed by atoms with E-state index in [0.717, 1.165) is 48.6 Å². The molecule has 0 atom stereocenters. The molecule has 2 N–H and O–H groups in total. The molecule has 7 nitrogen and oxygen atoms in total. The number of piperazine rings is 1. The summed E-state index contributed by atoms with van der Waals surface area (Å²) < 4.78 is 11.5. The minimum Gasteiger partial charge on any atom is -0.493 e. The van der Waals surface area contributed by atoms with E-state index in [9.17, 15) is 0 Å². The van der Waals surface area contributed by atoms with E-state index < -0.39 is 0 Å². The first kappa shape index (κ1) is 23.5. The van der Waals surface area contributed by atoms with Gasteiger partial charge in [0.25, 0.3) is 5.11 Å². The maximum atomic E-state index is 6.14. The molecule has 0 unspecified atom stereocenters. The number of thiocarbonyl (C=S) groups is 1. The van der Waals surface area contributed by atoms with Crippen LogP contribution >= 0.6 is 12.2 Å². The van der Waals surface area contributed by atoms with Crippen molar-refractivity contribution in [1.82, 2.24) is 19.8 Å². The molecule has 1 aliphatic heterocycles. The van der Waals surface area contributed by atoms with Crippen LogP contribution < -0.4 is 24.6 Å². The van der Waals surface area contributed by atoms with E-state index in [-0.39, 0.29) is 0 Å². The van der Waals surface area contributed by atoms with Crippen molar-refractivity contribution >= 4 is 61.3 Å². The summed E-state index contributed by atoms with van der Waals surface area (Å²) in [5.74, 6) is 2.13. The van der Waals surface area contributed by atoms with Gasteiger partial charge in [-0.05, 0) is 45.8 Å². The number of hydrogen-bond acceptors (Lipinski definition) is 6. The van der Waals surface area contributed by atoms with Crippen LogP contribution in [-0.4, -0.2) is 55.5 Å². The van der Waals surface area contributed by atoms with Crippen molar-refractivity contribution in [3.63, 3.8) is 0 Å². The highest BCUT2D eigenvalue weighted by molar-refractivity contribution is 7.80. The van der Waals surface area contributed by atoms with Crippen LogP contribution in [0, 0.1) is 0 Å². The fourth-order valence-electron chi connectivity index (χ4n) is 5.25. The lowest BCUT2D eigenvalue weighted by molar-refractivity contribution is 0.349. The third-order valence-corrected chi connectivity index (χ3v) is 7.66. The Bertz CT molecular complexity index is 1650. The predicted molar refractivity (Wildman–Crippen MR) is 155 cm³/mol. The molecule has 2 heterocycles. The standard InChI is InChI=1S/C29H27N5O2S/c1-35-26-16-24-25(17-27(26)36-2)31-18-32-28(24)34(11-9-30-10-12-34)29(37)33-23-8-7-21-13-19-5-3-4-6-20(19)14-22(21)15-23/h3-8,13-18,30H,9-12H2,1-2H3/p+1. The lowest BCUT2D eigenvalue weighted by Crippen LogP contribution is -2.64. The van der Waals surface area contributed by atoms with E-state index in [1.807, 2.05) is 12.1 Å². The Labute approximate surface area is 220 Å². The minimum absolute atomic E-state index is 0.423. The van der Waals surface area contributed by atoms with Crippen molar-refractivity contribution in [3.8, 4) is 11.5 Å². The number of quaternary nitrogens is 1. The van der Waals surface area contributed by atoms with E-state index in [1.54, 1.807) is 20.5 Å². The zero-order valence-corrected chi connectivity index (χ0v) is 21.6. The number of aromatic nitrogens is 2. The monoisotopic (exact) mass is 510 g/mol. The first-order valence-electron chi connectivity index (χ1n) is 12.3. The minimum atomic E-state index is 0.423. The van der Waals surface area contributed by atoms with Crippen molar-refractivity contribution < 1.29 is 9.47 Å². The molecule has 1 aliphatic rings. The van der Waals surface area contributed by atoms with E-state index >= 15 is 0 Å². The van der Waals surface area contributed by atoms with Crippen LogP contribution in [0.2, 0.25) is 0 Å². The predicted octanol–water partition coefficient (Wildman–Crippen LogP) is 5.26. The summed E-state index contributed by atoms with van der Waals surface area (Å²) in [6.07, 6.45) is 1.61. The highest BCUT2D eigenvalue weighted by Crippen LogP contribution is 2.37. The van der Waals surface area contributed by atoms with Crippen LogP contribution in [0.3, 0.4) is 0 Å². The molecule has 4 aromatic carbocycles. The fraction of sp³-hybridized carbons (Fsp3) is 0.207. The highest BCUT2D eigenvalue weighted by atomic mass is 32.1. The molecular weight excluding hydrogens is 482 g/mol. The van der Waals surface area contributed by atoms with Gasteiger partial charge in [0, 0.05) is 43.1 Å². The lowest BCUT2D eigenvalue weighted by Gasteiger charge is -2.39. The van der Waals surface area contributed by atoms with Gasteiger partial charge in [0.2, 0.25) is 5.82 Å². The van der Waals surface area contributed by atoms with Crippen molar-refractivity contribution in [3.05, 3.63) is 73.1 Å². The van der Waals surface area contributed by atoms with Gasteiger partial charge in [-0.15, -0.1) is 0 Å². The molecule has 0 amide bonds. The van der Waals surface area contributed by atoms with E-state index in [0.29, 0.717) is 21.1 Å². The Kier molecular flexibility index (Phi) is 6.08. The van der Waals surface area contributed by atoms with Crippen LogP contribution in [0.25, 0.3) is 32.4 Å². The van der Waals surface area contributed by atoms with Crippen molar-refractivity contribution in [2.24, 2.45) is 0 Å². The summed E-state index contributed by atoms with van der Waals surface area (Å²) in [6.45, 7) is 3.18. The molecule has 1 fully saturated rings. The molecule has 0 spiro atoms. The zero-order chi connectivity index (χ0) is 25.4. The van der Waals surface area contributed by atoms with Crippen molar-refractivity contribution in [2.45, 2.75) is 0 Å².